The van der Waals surface area contributed by atoms with Gasteiger partial charge in [0.05, 0.1) is 482 Å². The van der Waals surface area contributed by atoms with E-state index in [9.17, 15) is 9.59 Å². The summed E-state index contributed by atoms with van der Waals surface area (Å²) in [6.07, 6.45) is 2.19. The molecule has 0 aliphatic heterocycles. The number of carbonyl (C=O) groups excluding carboxylic acids is 1. The molecular formula is C83H158N2O39S2. The Morgan fingerprint density at radius 2 is 0.365 bits per heavy atom. The minimum atomic E-state index is -0.882. The van der Waals surface area contributed by atoms with Crippen LogP contribution in [0.4, 0.5) is 0 Å². The maximum Gasteiger partial charge on any atom is 0.305 e. The van der Waals surface area contributed by atoms with E-state index in [1.54, 1.807) is 27.8 Å². The highest BCUT2D eigenvalue weighted by atomic mass is 33.1. The van der Waals surface area contributed by atoms with Gasteiger partial charge in [0.25, 0.3) is 0 Å². The summed E-state index contributed by atoms with van der Waals surface area (Å²) in [5.41, 5.74) is 0. The van der Waals surface area contributed by atoms with Crippen LogP contribution < -0.4 is 5.32 Å². The highest BCUT2D eigenvalue weighted by molar-refractivity contribution is 8.76. The predicted octanol–water partition coefficient (Wildman–Crippen LogP) is 2.40. The molecule has 126 heavy (non-hydrogen) atoms. The average Bonchev–Trinajstić information content (AvgIpc) is 0.961. The van der Waals surface area contributed by atoms with Gasteiger partial charge in [-0.25, -0.2) is 4.98 Å². The Morgan fingerprint density at radius 3 is 0.508 bits per heavy atom. The first-order valence-electron chi connectivity index (χ1n) is 44.2. The third kappa shape index (κ3) is 110. The van der Waals surface area contributed by atoms with Crippen LogP contribution >= 0.6 is 21.6 Å². The first-order valence-corrected chi connectivity index (χ1v) is 46.5. The monoisotopic (exact) mass is 1870 g/mol. The minimum absolute atomic E-state index is 0.00827. The van der Waals surface area contributed by atoms with Crippen molar-refractivity contribution in [3.8, 4) is 0 Å². The van der Waals surface area contributed by atoms with Crippen molar-refractivity contribution in [2.75, 3.05) is 488 Å². The summed E-state index contributed by atoms with van der Waals surface area (Å²) in [7, 11) is 3.18. The number of rotatable bonds is 116. The third-order valence-corrected chi connectivity index (χ3v) is 17.5. The second kappa shape index (κ2) is 113. The van der Waals surface area contributed by atoms with E-state index < -0.39 is 5.97 Å². The number of carbonyl (C=O) groups is 2. The molecule has 0 fully saturated rings. The summed E-state index contributed by atoms with van der Waals surface area (Å²) >= 11 is 0. The second-order valence-electron chi connectivity index (χ2n) is 25.4. The molecule has 0 saturated heterocycles. The van der Waals surface area contributed by atoms with E-state index in [0.29, 0.717) is 488 Å². The van der Waals surface area contributed by atoms with Crippen molar-refractivity contribution >= 4 is 33.5 Å². The molecule has 43 heteroatoms. The summed E-state index contributed by atoms with van der Waals surface area (Å²) in [6, 6.07) is 5.77. The van der Waals surface area contributed by atoms with Gasteiger partial charge in [-0.3, -0.25) is 9.59 Å². The Hall–Kier alpha value is -2.65. The van der Waals surface area contributed by atoms with Crippen LogP contribution in [0.2, 0.25) is 0 Å². The van der Waals surface area contributed by atoms with Gasteiger partial charge in [0.15, 0.2) is 0 Å². The van der Waals surface area contributed by atoms with Crippen molar-refractivity contribution in [2.45, 2.75) is 17.9 Å². The van der Waals surface area contributed by atoms with Gasteiger partial charge in [-0.2, -0.15) is 0 Å². The fourth-order valence-electron chi connectivity index (χ4n) is 8.94. The maximum absolute atomic E-state index is 11.9. The van der Waals surface area contributed by atoms with E-state index in [-0.39, 0.29) is 18.9 Å². The zero-order valence-electron chi connectivity index (χ0n) is 75.3. The van der Waals surface area contributed by atoms with Crippen LogP contribution in [-0.4, -0.2) is 510 Å². The van der Waals surface area contributed by atoms with E-state index >= 15 is 0 Å². The van der Waals surface area contributed by atoms with Crippen LogP contribution in [0.3, 0.4) is 0 Å². The molecule has 1 rings (SSSR count). The molecule has 2 N–H and O–H groups in total. The minimum Gasteiger partial charge on any atom is -0.481 e. The zero-order chi connectivity index (χ0) is 89.6. The Bertz CT molecular complexity index is 2160. The van der Waals surface area contributed by atoms with Gasteiger partial charge in [-0.05, 0) is 22.9 Å². The molecule has 1 aromatic heterocycles. The van der Waals surface area contributed by atoms with Crippen molar-refractivity contribution in [3.05, 3.63) is 24.4 Å². The van der Waals surface area contributed by atoms with Gasteiger partial charge < -0.3 is 181 Å². The molecule has 0 aliphatic carbocycles. The van der Waals surface area contributed by atoms with Crippen molar-refractivity contribution < 1.29 is 185 Å². The third-order valence-electron chi connectivity index (χ3n) is 15.2. The number of amides is 1. The number of aliphatic carboxylic acids is 1. The fourth-order valence-corrected chi connectivity index (χ4v) is 10.8. The lowest BCUT2D eigenvalue weighted by Gasteiger charge is -2.09. The van der Waals surface area contributed by atoms with Crippen molar-refractivity contribution in [2.24, 2.45) is 0 Å². The lowest BCUT2D eigenvalue weighted by Crippen LogP contribution is -2.27. The van der Waals surface area contributed by atoms with Crippen LogP contribution in [-0.2, 0) is 180 Å². The summed E-state index contributed by atoms with van der Waals surface area (Å²) in [4.78, 5) is 26.6. The number of aromatic nitrogens is 1. The van der Waals surface area contributed by atoms with Gasteiger partial charge in [0.1, 0.15) is 5.03 Å². The molecule has 0 atom stereocenters. The van der Waals surface area contributed by atoms with E-state index in [4.69, 9.17) is 176 Å². The predicted molar refractivity (Wildman–Crippen MR) is 462 cm³/mol. The molecule has 0 spiro atoms. The zero-order valence-corrected chi connectivity index (χ0v) is 76.9. The van der Waals surface area contributed by atoms with Crippen LogP contribution in [0.1, 0.15) is 12.8 Å². The van der Waals surface area contributed by atoms with Gasteiger partial charge in [0.2, 0.25) is 5.91 Å². The van der Waals surface area contributed by atoms with E-state index in [1.807, 2.05) is 18.2 Å². The SMILES string of the molecule is O=C(O)CCOCCOCCOCCOCCOCCOCCOCCOCCOCCOCCOCCOCCOCCOCCOCCOCCOCCOCCOCCOCCOCCOCCOCCOCCOCCOCCOCCOCCOCCOCCOCCOCCOCCOCCOCCOCCNC(=O)CCSSc1ccccn1. The number of nitrogens with zero attached hydrogens (tertiary/aromatic N) is 1. The molecular weight excluding hydrogens is 1710 g/mol. The number of nitrogens with one attached hydrogen (secondary N) is 1. The highest BCUT2D eigenvalue weighted by Gasteiger charge is 2.07. The second-order valence-corrected chi connectivity index (χ2v) is 27.8. The smallest absolute Gasteiger partial charge is 0.305 e. The summed E-state index contributed by atoms with van der Waals surface area (Å²) in [5.74, 6) is -0.161. The molecule has 746 valence electrons. The van der Waals surface area contributed by atoms with Gasteiger partial charge in [0, 0.05) is 24.9 Å². The average molecular weight is 1870 g/mol. The van der Waals surface area contributed by atoms with E-state index in [1.165, 1.54) is 0 Å². The van der Waals surface area contributed by atoms with Crippen LogP contribution in [0.15, 0.2) is 29.4 Å². The Balaban J connectivity index is 1.58. The molecule has 1 aromatic rings. The van der Waals surface area contributed by atoms with Gasteiger partial charge >= 0.3 is 5.97 Å². The normalized spacial score (nSPS) is 11.7. The first kappa shape index (κ1) is 121. The molecule has 0 bridgehead atoms. The van der Waals surface area contributed by atoms with E-state index in [0.717, 1.165) is 5.03 Å². The standard InChI is InChI=1S/C83H158N2O39S2/c86-81(5-80-125-126-82-3-1-2-6-85-82)84-7-9-90-11-13-92-15-17-94-19-21-96-23-25-98-27-29-100-31-33-102-35-37-104-39-41-106-43-45-108-47-49-110-51-53-112-55-57-114-59-61-116-63-65-118-67-69-120-71-73-122-75-77-124-79-78-123-76-74-121-72-70-119-68-66-117-64-62-115-60-58-113-56-54-111-52-50-109-48-46-107-44-42-105-40-38-103-36-34-101-32-30-99-28-26-97-24-22-95-20-18-93-16-14-91-12-10-89-8-4-83(87)88/h1-3,6H,4-5,7-80H2,(H,84,86)(H,87,88). The van der Waals surface area contributed by atoms with E-state index in [2.05, 4.69) is 10.3 Å². The number of hydrogen-bond donors (Lipinski definition) is 2. The van der Waals surface area contributed by atoms with Gasteiger partial charge in [-0.15, -0.1) is 0 Å². The summed E-state index contributed by atoms with van der Waals surface area (Å²) in [5, 5.41) is 12.3. The number of carboxylic acid groups (broad SMARTS) is 1. The Kier molecular flexibility index (Phi) is 109. The lowest BCUT2D eigenvalue weighted by atomic mass is 10.4. The molecule has 0 aromatic carbocycles. The van der Waals surface area contributed by atoms with Crippen LogP contribution in [0.5, 0.6) is 0 Å². The van der Waals surface area contributed by atoms with Crippen LogP contribution in [0, 0.1) is 0 Å². The van der Waals surface area contributed by atoms with Crippen molar-refractivity contribution in [3.63, 3.8) is 0 Å². The number of hydrogen-bond acceptors (Lipinski definition) is 41. The van der Waals surface area contributed by atoms with Crippen molar-refractivity contribution in [1.29, 1.82) is 0 Å². The fraction of sp³-hybridized carbons (Fsp3) is 0.916. The van der Waals surface area contributed by atoms with Crippen LogP contribution in [0.25, 0.3) is 0 Å². The largest absolute Gasteiger partial charge is 0.481 e. The molecule has 0 aliphatic rings. The highest BCUT2D eigenvalue weighted by Crippen LogP contribution is 2.29. The topological polar surface area (TPSA) is 412 Å². The number of carboxylic acids is 1. The molecule has 1 amide bonds. The summed E-state index contributed by atoms with van der Waals surface area (Å²) in [6.45, 7) is 33.9. The Morgan fingerprint density at radius 1 is 0.214 bits per heavy atom. The number of pyridine rings is 1. The van der Waals surface area contributed by atoms with Gasteiger partial charge in [-0.1, -0.05) is 16.9 Å². The molecule has 0 unspecified atom stereocenters. The lowest BCUT2D eigenvalue weighted by molar-refractivity contribution is -0.138. The molecule has 1 heterocycles. The first-order chi connectivity index (χ1) is 62.7. The molecule has 0 radical (unpaired) electrons. The van der Waals surface area contributed by atoms with Crippen molar-refractivity contribution in [1.82, 2.24) is 10.3 Å². The molecule has 41 nitrogen and oxygen atoms in total. The Labute approximate surface area is 756 Å². The number of ether oxygens (including phenoxy) is 36. The quantitative estimate of drug-likeness (QED) is 0.0698. The maximum atomic E-state index is 11.9. The summed E-state index contributed by atoms with van der Waals surface area (Å²) < 4.78 is 198. The molecule has 0 saturated carbocycles.